The highest BCUT2D eigenvalue weighted by Crippen LogP contribution is 2.37. The number of nitriles is 1. The summed E-state index contributed by atoms with van der Waals surface area (Å²) in [6.07, 6.45) is 1.67. The van der Waals surface area contributed by atoms with Crippen LogP contribution in [0.25, 0.3) is 22.7 Å². The zero-order chi connectivity index (χ0) is 25.7. The number of nitrogens with zero attached hydrogens (tertiary/aromatic N) is 2. The number of aromatic nitrogens is 2. The van der Waals surface area contributed by atoms with E-state index in [4.69, 9.17) is 21.1 Å². The van der Waals surface area contributed by atoms with Gasteiger partial charge in [-0.15, -0.1) is 0 Å². The lowest BCUT2D eigenvalue weighted by atomic mass is 10.1. The molecule has 3 aromatic carbocycles. The fraction of sp³-hybridized carbons (Fsp3) is 0.179. The van der Waals surface area contributed by atoms with Gasteiger partial charge >= 0.3 is 0 Å². The Balaban J connectivity index is 1.56. The van der Waals surface area contributed by atoms with Crippen molar-refractivity contribution >= 4 is 45.9 Å². The second kappa shape index (κ2) is 11.0. The van der Waals surface area contributed by atoms with Gasteiger partial charge in [-0.3, -0.25) is 4.79 Å². The van der Waals surface area contributed by atoms with E-state index < -0.39 is 0 Å². The summed E-state index contributed by atoms with van der Waals surface area (Å²) < 4.78 is 11.5. The van der Waals surface area contributed by atoms with Crippen LogP contribution in [0.5, 0.6) is 11.5 Å². The summed E-state index contributed by atoms with van der Waals surface area (Å²) in [4.78, 5) is 20.1. The Kier molecular flexibility index (Phi) is 7.57. The SMILES string of the molecule is CCOc1cc(/C=C(/C#N)c2nc3ccc(C)cc3[nH]2)cc(Cl)c1OCC(=O)Nc1ccc(C)cc1. The molecule has 0 fully saturated rings. The molecular weight excluding hydrogens is 476 g/mol. The molecule has 0 aliphatic carbocycles. The number of carbonyl (C=O) groups is 1. The number of aryl methyl sites for hydroxylation is 2. The second-order valence-electron chi connectivity index (χ2n) is 8.24. The Hall–Kier alpha value is -4.28. The van der Waals surface area contributed by atoms with Gasteiger partial charge in [0.05, 0.1) is 28.2 Å². The third-order valence-electron chi connectivity index (χ3n) is 5.34. The van der Waals surface area contributed by atoms with Crippen LogP contribution < -0.4 is 14.8 Å². The summed E-state index contributed by atoms with van der Waals surface area (Å²) in [7, 11) is 0. The lowest BCUT2D eigenvalue weighted by Crippen LogP contribution is -2.20. The van der Waals surface area contributed by atoms with Crippen LogP contribution in [0.1, 0.15) is 29.4 Å². The average Bonchev–Trinajstić information content (AvgIpc) is 3.26. The molecule has 0 saturated carbocycles. The minimum atomic E-state index is -0.326. The van der Waals surface area contributed by atoms with Crippen LogP contribution >= 0.6 is 11.6 Å². The van der Waals surface area contributed by atoms with Crippen molar-refractivity contribution in [3.63, 3.8) is 0 Å². The number of H-pyrrole nitrogens is 1. The summed E-state index contributed by atoms with van der Waals surface area (Å²) in [5.41, 5.74) is 5.47. The number of ether oxygens (including phenoxy) is 2. The number of aromatic amines is 1. The number of amides is 1. The Bertz CT molecular complexity index is 1480. The van der Waals surface area contributed by atoms with E-state index in [2.05, 4.69) is 21.4 Å². The average molecular weight is 501 g/mol. The third-order valence-corrected chi connectivity index (χ3v) is 5.62. The first-order chi connectivity index (χ1) is 17.4. The molecular formula is C28H25ClN4O3. The Morgan fingerprint density at radius 3 is 2.58 bits per heavy atom. The van der Waals surface area contributed by atoms with Crippen molar-refractivity contribution in [1.29, 1.82) is 5.26 Å². The van der Waals surface area contributed by atoms with Crippen molar-refractivity contribution in [2.24, 2.45) is 0 Å². The molecule has 182 valence electrons. The third kappa shape index (κ3) is 5.85. The molecule has 0 spiro atoms. The molecule has 2 N–H and O–H groups in total. The van der Waals surface area contributed by atoms with Crippen molar-refractivity contribution in [3.05, 3.63) is 82.1 Å². The summed E-state index contributed by atoms with van der Waals surface area (Å²) in [6.45, 7) is 5.92. The molecule has 0 saturated heterocycles. The van der Waals surface area contributed by atoms with E-state index in [-0.39, 0.29) is 23.3 Å². The number of hydrogen-bond acceptors (Lipinski definition) is 5. The van der Waals surface area contributed by atoms with E-state index in [0.717, 1.165) is 22.2 Å². The molecule has 0 atom stereocenters. The Labute approximate surface area is 214 Å². The minimum absolute atomic E-state index is 0.245. The predicted octanol–water partition coefficient (Wildman–Crippen LogP) is 6.31. The van der Waals surface area contributed by atoms with Crippen molar-refractivity contribution in [2.75, 3.05) is 18.5 Å². The van der Waals surface area contributed by atoms with Gasteiger partial charge in [-0.05, 0) is 74.4 Å². The number of fused-ring (bicyclic) bond motifs is 1. The first-order valence-electron chi connectivity index (χ1n) is 11.4. The number of carbonyl (C=O) groups excluding carboxylic acids is 1. The van der Waals surface area contributed by atoms with E-state index in [9.17, 15) is 10.1 Å². The monoisotopic (exact) mass is 500 g/mol. The maximum absolute atomic E-state index is 12.4. The lowest BCUT2D eigenvalue weighted by molar-refractivity contribution is -0.118. The molecule has 1 heterocycles. The number of nitrogens with one attached hydrogen (secondary N) is 2. The number of hydrogen-bond donors (Lipinski definition) is 2. The van der Waals surface area contributed by atoms with Crippen molar-refractivity contribution in [2.45, 2.75) is 20.8 Å². The standard InChI is InChI=1S/C28H25ClN4O3/c1-4-35-25-14-19(12-20(15-30)28-32-23-10-7-18(3)11-24(23)33-28)13-22(29)27(25)36-16-26(34)31-21-8-5-17(2)6-9-21/h5-14H,4,16H2,1-3H3,(H,31,34)(H,32,33)/b20-12-. The van der Waals surface area contributed by atoms with Crippen molar-refractivity contribution in [1.82, 2.24) is 9.97 Å². The van der Waals surface area contributed by atoms with Crippen LogP contribution in [0.4, 0.5) is 5.69 Å². The fourth-order valence-corrected chi connectivity index (χ4v) is 3.89. The van der Waals surface area contributed by atoms with Gasteiger partial charge in [-0.25, -0.2) is 4.98 Å². The van der Waals surface area contributed by atoms with Crippen LogP contribution in [0.15, 0.2) is 54.6 Å². The number of imidazole rings is 1. The number of halogens is 1. The molecule has 7 nitrogen and oxygen atoms in total. The fourth-order valence-electron chi connectivity index (χ4n) is 3.62. The molecule has 0 radical (unpaired) electrons. The van der Waals surface area contributed by atoms with E-state index >= 15 is 0 Å². The van der Waals surface area contributed by atoms with Crippen LogP contribution in [-0.4, -0.2) is 29.1 Å². The molecule has 0 aliphatic heterocycles. The quantitative estimate of drug-likeness (QED) is 0.276. The molecule has 0 unspecified atom stereocenters. The normalized spacial score (nSPS) is 11.2. The lowest BCUT2D eigenvalue weighted by Gasteiger charge is -2.14. The molecule has 1 aromatic heterocycles. The predicted molar refractivity (Wildman–Crippen MR) is 142 cm³/mol. The van der Waals surface area contributed by atoms with E-state index in [1.807, 2.05) is 63.2 Å². The smallest absolute Gasteiger partial charge is 0.262 e. The maximum atomic E-state index is 12.4. The van der Waals surface area contributed by atoms with Crippen LogP contribution in [0, 0.1) is 25.2 Å². The first-order valence-corrected chi connectivity index (χ1v) is 11.8. The second-order valence-corrected chi connectivity index (χ2v) is 8.65. The maximum Gasteiger partial charge on any atom is 0.262 e. The van der Waals surface area contributed by atoms with Gasteiger partial charge in [-0.1, -0.05) is 35.4 Å². The molecule has 4 aromatic rings. The van der Waals surface area contributed by atoms with Crippen LogP contribution in [0.2, 0.25) is 5.02 Å². The van der Waals surface area contributed by atoms with Crippen LogP contribution in [0.3, 0.4) is 0 Å². The molecule has 36 heavy (non-hydrogen) atoms. The van der Waals surface area contributed by atoms with Crippen LogP contribution in [-0.2, 0) is 4.79 Å². The molecule has 4 rings (SSSR count). The van der Waals surface area contributed by atoms with Gasteiger partial charge < -0.3 is 19.8 Å². The van der Waals surface area contributed by atoms with E-state index in [1.165, 1.54) is 0 Å². The zero-order valence-corrected chi connectivity index (χ0v) is 20.9. The molecule has 0 bridgehead atoms. The largest absolute Gasteiger partial charge is 0.490 e. The van der Waals surface area contributed by atoms with Gasteiger partial charge in [0.15, 0.2) is 18.1 Å². The van der Waals surface area contributed by atoms with E-state index in [1.54, 1.807) is 18.2 Å². The number of benzene rings is 3. The van der Waals surface area contributed by atoms with Crippen molar-refractivity contribution in [3.8, 4) is 17.6 Å². The minimum Gasteiger partial charge on any atom is -0.490 e. The van der Waals surface area contributed by atoms with Gasteiger partial charge in [0.1, 0.15) is 11.9 Å². The van der Waals surface area contributed by atoms with Gasteiger partial charge in [-0.2, -0.15) is 5.26 Å². The molecule has 0 aliphatic rings. The van der Waals surface area contributed by atoms with Gasteiger partial charge in [0.2, 0.25) is 0 Å². The number of allylic oxidation sites excluding steroid dienone is 1. The Morgan fingerprint density at radius 1 is 1.11 bits per heavy atom. The molecule has 1 amide bonds. The number of anilines is 1. The highest BCUT2D eigenvalue weighted by atomic mass is 35.5. The van der Waals surface area contributed by atoms with E-state index in [0.29, 0.717) is 35.0 Å². The highest BCUT2D eigenvalue weighted by Gasteiger charge is 2.16. The highest BCUT2D eigenvalue weighted by molar-refractivity contribution is 6.32. The zero-order valence-electron chi connectivity index (χ0n) is 20.2. The van der Waals surface area contributed by atoms with Gasteiger partial charge in [0, 0.05) is 5.69 Å². The number of rotatable bonds is 8. The first kappa shape index (κ1) is 24.8. The topological polar surface area (TPSA) is 100 Å². The summed E-state index contributed by atoms with van der Waals surface area (Å²) >= 11 is 6.51. The molecule has 8 heteroatoms. The summed E-state index contributed by atoms with van der Waals surface area (Å²) in [6, 6.07) is 18.9. The van der Waals surface area contributed by atoms with Gasteiger partial charge in [0.25, 0.3) is 5.91 Å². The van der Waals surface area contributed by atoms with Crippen molar-refractivity contribution < 1.29 is 14.3 Å². The summed E-state index contributed by atoms with van der Waals surface area (Å²) in [5, 5.41) is 12.8. The Morgan fingerprint density at radius 2 is 1.86 bits per heavy atom. The summed E-state index contributed by atoms with van der Waals surface area (Å²) in [5.74, 6) is 0.762.